The van der Waals surface area contributed by atoms with Gasteiger partial charge in [0.1, 0.15) is 0 Å². The van der Waals surface area contributed by atoms with E-state index >= 15 is 0 Å². The highest BCUT2D eigenvalue weighted by molar-refractivity contribution is 9.09. The summed E-state index contributed by atoms with van der Waals surface area (Å²) in [5, 5.41) is 10.3. The number of carbonyl (C=O) groups excluding carboxylic acids is 1. The van der Waals surface area contributed by atoms with Gasteiger partial charge in [0.05, 0.1) is 7.11 Å². The fourth-order valence-electron chi connectivity index (χ4n) is 1.27. The number of amides is 1. The van der Waals surface area contributed by atoms with Crippen molar-refractivity contribution in [2.24, 2.45) is 0 Å². The number of hydrogen-bond donors (Lipinski definition) is 1. The zero-order valence-electron chi connectivity index (χ0n) is 9.24. The van der Waals surface area contributed by atoms with Crippen LogP contribution >= 0.6 is 15.9 Å². The van der Waals surface area contributed by atoms with Crippen LogP contribution < -0.4 is 4.74 Å². The van der Waals surface area contributed by atoms with Gasteiger partial charge in [-0.1, -0.05) is 15.9 Å². The Bertz CT molecular complexity index is 381. The van der Waals surface area contributed by atoms with Gasteiger partial charge in [-0.15, -0.1) is 0 Å². The lowest BCUT2D eigenvalue weighted by molar-refractivity contribution is 0.0803. The Morgan fingerprint density at radius 1 is 1.56 bits per heavy atom. The lowest BCUT2D eigenvalue weighted by atomic mass is 10.2. The van der Waals surface area contributed by atoms with Crippen LogP contribution in [0, 0.1) is 0 Å². The molecule has 4 nitrogen and oxygen atoms in total. The number of methoxy groups -OCH3 is 1. The maximum Gasteiger partial charge on any atom is 0.253 e. The summed E-state index contributed by atoms with van der Waals surface area (Å²) in [5.41, 5.74) is 0.446. The fraction of sp³-hybridized carbons (Fsp3) is 0.364. The number of halogens is 1. The minimum absolute atomic E-state index is 0.0272. The second kappa shape index (κ2) is 5.75. The molecule has 0 aromatic heterocycles. The van der Waals surface area contributed by atoms with Crippen molar-refractivity contribution in [1.29, 1.82) is 0 Å². The van der Waals surface area contributed by atoms with Crippen molar-refractivity contribution in [2.45, 2.75) is 0 Å². The number of phenols is 1. The average Bonchev–Trinajstić information content (AvgIpc) is 2.28. The van der Waals surface area contributed by atoms with E-state index in [4.69, 9.17) is 4.74 Å². The van der Waals surface area contributed by atoms with E-state index in [9.17, 15) is 9.90 Å². The molecular weight excluding hydrogens is 274 g/mol. The minimum Gasteiger partial charge on any atom is -0.504 e. The van der Waals surface area contributed by atoms with Crippen molar-refractivity contribution >= 4 is 21.8 Å². The third-order valence-corrected chi connectivity index (χ3v) is 2.55. The molecule has 0 bridgehead atoms. The van der Waals surface area contributed by atoms with Crippen LogP contribution in [0.5, 0.6) is 11.5 Å². The molecule has 16 heavy (non-hydrogen) atoms. The molecule has 0 saturated carbocycles. The Balaban J connectivity index is 2.88. The first-order valence-electron chi connectivity index (χ1n) is 4.78. The molecule has 1 aromatic rings. The molecule has 0 spiro atoms. The third-order valence-electron chi connectivity index (χ3n) is 2.19. The molecule has 0 radical (unpaired) electrons. The molecule has 1 rings (SSSR count). The average molecular weight is 288 g/mol. The summed E-state index contributed by atoms with van der Waals surface area (Å²) in [7, 11) is 3.18. The number of carbonyl (C=O) groups is 1. The van der Waals surface area contributed by atoms with Gasteiger partial charge in [0, 0.05) is 24.5 Å². The molecule has 0 aliphatic carbocycles. The second-order valence-electron chi connectivity index (χ2n) is 3.30. The number of rotatable bonds is 4. The number of nitrogens with zero attached hydrogens (tertiary/aromatic N) is 1. The minimum atomic E-state index is -0.127. The van der Waals surface area contributed by atoms with Gasteiger partial charge in [-0.05, 0) is 18.2 Å². The summed E-state index contributed by atoms with van der Waals surface area (Å²) in [5.74, 6) is 0.206. The number of benzene rings is 1. The predicted molar refractivity (Wildman–Crippen MR) is 65.4 cm³/mol. The Labute approximate surface area is 103 Å². The number of ether oxygens (including phenoxy) is 1. The van der Waals surface area contributed by atoms with Crippen LogP contribution in [0.4, 0.5) is 0 Å². The lowest BCUT2D eigenvalue weighted by Gasteiger charge is -2.16. The van der Waals surface area contributed by atoms with Crippen LogP contribution in [0.3, 0.4) is 0 Å². The van der Waals surface area contributed by atoms with E-state index < -0.39 is 0 Å². The van der Waals surface area contributed by atoms with Crippen LogP contribution in [0.15, 0.2) is 18.2 Å². The standard InChI is InChI=1S/C11H14BrNO3/c1-13(6-5-12)11(15)8-3-4-10(16-2)9(14)7-8/h3-4,7,14H,5-6H2,1-2H3. The normalized spacial score (nSPS) is 9.94. The van der Waals surface area contributed by atoms with Crippen LogP contribution in [0.1, 0.15) is 10.4 Å². The molecule has 88 valence electrons. The van der Waals surface area contributed by atoms with Crippen molar-refractivity contribution in [3.05, 3.63) is 23.8 Å². The molecule has 1 amide bonds. The van der Waals surface area contributed by atoms with Gasteiger partial charge in [0.2, 0.25) is 0 Å². The van der Waals surface area contributed by atoms with Crippen molar-refractivity contribution in [1.82, 2.24) is 4.90 Å². The third kappa shape index (κ3) is 2.88. The lowest BCUT2D eigenvalue weighted by Crippen LogP contribution is -2.28. The van der Waals surface area contributed by atoms with Gasteiger partial charge in [0.15, 0.2) is 11.5 Å². The van der Waals surface area contributed by atoms with Crippen molar-refractivity contribution < 1.29 is 14.6 Å². The van der Waals surface area contributed by atoms with Gasteiger partial charge in [-0.3, -0.25) is 4.79 Å². The first kappa shape index (κ1) is 12.8. The quantitative estimate of drug-likeness (QED) is 0.860. The van der Waals surface area contributed by atoms with Gasteiger partial charge in [-0.25, -0.2) is 0 Å². The van der Waals surface area contributed by atoms with Gasteiger partial charge < -0.3 is 14.7 Å². The van der Waals surface area contributed by atoms with E-state index in [-0.39, 0.29) is 11.7 Å². The predicted octanol–water partition coefficient (Wildman–Crippen LogP) is 1.87. The zero-order chi connectivity index (χ0) is 12.1. The molecule has 1 aromatic carbocycles. The SMILES string of the molecule is COc1ccc(C(=O)N(C)CCBr)cc1O. The Morgan fingerprint density at radius 3 is 2.75 bits per heavy atom. The highest BCUT2D eigenvalue weighted by Gasteiger charge is 2.13. The monoisotopic (exact) mass is 287 g/mol. The smallest absolute Gasteiger partial charge is 0.253 e. The van der Waals surface area contributed by atoms with E-state index in [0.29, 0.717) is 17.9 Å². The largest absolute Gasteiger partial charge is 0.504 e. The summed E-state index contributed by atoms with van der Waals surface area (Å²) < 4.78 is 4.91. The highest BCUT2D eigenvalue weighted by Crippen LogP contribution is 2.26. The van der Waals surface area contributed by atoms with Gasteiger partial charge in [-0.2, -0.15) is 0 Å². The number of phenolic OH excluding ortho intramolecular Hbond substituents is 1. The van der Waals surface area contributed by atoms with Crippen LogP contribution in [-0.2, 0) is 0 Å². The fourth-order valence-corrected chi connectivity index (χ4v) is 1.80. The molecule has 0 aliphatic rings. The van der Waals surface area contributed by atoms with Crippen LogP contribution in [-0.4, -0.2) is 41.9 Å². The first-order chi connectivity index (χ1) is 7.60. The Morgan fingerprint density at radius 2 is 2.25 bits per heavy atom. The number of hydrogen-bond acceptors (Lipinski definition) is 3. The maximum atomic E-state index is 11.8. The van der Waals surface area contributed by atoms with Crippen molar-refractivity contribution in [2.75, 3.05) is 26.0 Å². The molecule has 0 fully saturated rings. The summed E-state index contributed by atoms with van der Waals surface area (Å²) in [6.45, 7) is 0.617. The summed E-state index contributed by atoms with van der Waals surface area (Å²) in [6, 6.07) is 4.61. The second-order valence-corrected chi connectivity index (χ2v) is 4.10. The molecule has 0 unspecified atom stereocenters. The zero-order valence-corrected chi connectivity index (χ0v) is 10.8. The maximum absolute atomic E-state index is 11.8. The molecule has 1 N–H and O–H groups in total. The van der Waals surface area contributed by atoms with E-state index in [2.05, 4.69) is 15.9 Å². The number of aromatic hydroxyl groups is 1. The molecule has 0 heterocycles. The van der Waals surface area contributed by atoms with Crippen LogP contribution in [0.25, 0.3) is 0 Å². The number of alkyl halides is 1. The summed E-state index contributed by atoms with van der Waals surface area (Å²) in [6.07, 6.45) is 0. The molecule has 0 atom stereocenters. The highest BCUT2D eigenvalue weighted by atomic mass is 79.9. The molecular formula is C11H14BrNO3. The van der Waals surface area contributed by atoms with E-state index in [1.54, 1.807) is 24.1 Å². The van der Waals surface area contributed by atoms with Crippen molar-refractivity contribution in [3.63, 3.8) is 0 Å². The molecule has 0 saturated heterocycles. The van der Waals surface area contributed by atoms with Crippen molar-refractivity contribution in [3.8, 4) is 11.5 Å². The van der Waals surface area contributed by atoms with Gasteiger partial charge >= 0.3 is 0 Å². The van der Waals surface area contributed by atoms with Crippen LogP contribution in [0.2, 0.25) is 0 Å². The van der Waals surface area contributed by atoms with E-state index in [1.807, 2.05) is 0 Å². The Kier molecular flexibility index (Phi) is 4.61. The molecule has 5 heteroatoms. The van der Waals surface area contributed by atoms with E-state index in [0.717, 1.165) is 5.33 Å². The van der Waals surface area contributed by atoms with Gasteiger partial charge in [0.25, 0.3) is 5.91 Å². The molecule has 0 aliphatic heterocycles. The van der Waals surface area contributed by atoms with E-state index in [1.165, 1.54) is 13.2 Å². The first-order valence-corrected chi connectivity index (χ1v) is 5.90. The topological polar surface area (TPSA) is 49.8 Å². The Hall–Kier alpha value is -1.23. The summed E-state index contributed by atoms with van der Waals surface area (Å²) in [4.78, 5) is 13.4. The summed E-state index contributed by atoms with van der Waals surface area (Å²) >= 11 is 3.26.